The molecule has 2 aromatic rings. The molecule has 24 heavy (non-hydrogen) atoms. The highest BCUT2D eigenvalue weighted by atomic mass is 32.2. The van der Waals surface area contributed by atoms with E-state index in [1.165, 1.54) is 6.07 Å². The molecule has 0 spiro atoms. The minimum absolute atomic E-state index is 0.288. The van der Waals surface area contributed by atoms with Crippen LogP contribution in [0.1, 0.15) is 18.5 Å². The van der Waals surface area contributed by atoms with E-state index in [9.17, 15) is 9.18 Å². The number of nitrogens with one attached hydrogen (secondary N) is 2. The van der Waals surface area contributed by atoms with Gasteiger partial charge in [0.05, 0.1) is 11.3 Å². The summed E-state index contributed by atoms with van der Waals surface area (Å²) in [4.78, 5) is 12.1. The Morgan fingerprint density at radius 3 is 2.83 bits per heavy atom. The van der Waals surface area contributed by atoms with Crippen molar-refractivity contribution in [3.63, 3.8) is 0 Å². The molecule has 6 nitrogen and oxygen atoms in total. The Bertz CT molecular complexity index is 716. The van der Waals surface area contributed by atoms with Gasteiger partial charge in [0.25, 0.3) is 5.91 Å². The first-order valence-corrected chi connectivity index (χ1v) is 8.78. The molecule has 1 aromatic heterocycles. The molecule has 1 aromatic carbocycles. The number of halogens is 1. The van der Waals surface area contributed by atoms with Gasteiger partial charge < -0.3 is 4.52 Å². The highest BCUT2D eigenvalue weighted by Crippen LogP contribution is 2.28. The number of thioether (sulfide) groups is 1. The molecule has 0 bridgehead atoms. The highest BCUT2D eigenvalue weighted by Gasteiger charge is 2.39. The van der Waals surface area contributed by atoms with Crippen LogP contribution in [0, 0.1) is 5.82 Å². The Balaban J connectivity index is 1.72. The van der Waals surface area contributed by atoms with Crippen LogP contribution in [0.25, 0.3) is 11.3 Å². The van der Waals surface area contributed by atoms with Crippen LogP contribution < -0.4 is 10.8 Å². The van der Waals surface area contributed by atoms with E-state index in [0.717, 1.165) is 11.5 Å². The summed E-state index contributed by atoms with van der Waals surface area (Å²) < 4.78 is 19.0. The molecular weight excluding hydrogens is 333 g/mol. The van der Waals surface area contributed by atoms with Crippen molar-refractivity contribution >= 4 is 17.7 Å². The highest BCUT2D eigenvalue weighted by molar-refractivity contribution is 7.99. The molecule has 1 fully saturated rings. The lowest BCUT2D eigenvalue weighted by atomic mass is 9.91. The number of aromatic nitrogens is 1. The summed E-state index contributed by atoms with van der Waals surface area (Å²) in [6.45, 7) is 0.288. The Morgan fingerprint density at radius 2 is 2.12 bits per heavy atom. The lowest BCUT2D eigenvalue weighted by Crippen LogP contribution is -2.58. The number of carbonyl (C=O) groups excluding carboxylic acids is 1. The average Bonchev–Trinajstić information content (AvgIpc) is 3.09. The van der Waals surface area contributed by atoms with Gasteiger partial charge in [-0.25, -0.2) is 9.87 Å². The molecule has 1 saturated heterocycles. The van der Waals surface area contributed by atoms with Crippen molar-refractivity contribution in [3.8, 4) is 11.3 Å². The molecular formula is C16H18FN3O3S. The van der Waals surface area contributed by atoms with Crippen LogP contribution in [0.15, 0.2) is 34.9 Å². The van der Waals surface area contributed by atoms with Gasteiger partial charge >= 0.3 is 0 Å². The Hall–Kier alpha value is -1.90. The number of amides is 1. The second-order valence-corrected chi connectivity index (χ2v) is 6.88. The fourth-order valence-corrected chi connectivity index (χ4v) is 3.94. The van der Waals surface area contributed by atoms with Crippen molar-refractivity contribution < 1.29 is 18.9 Å². The maximum Gasteiger partial charge on any atom is 0.263 e. The fraction of sp³-hybridized carbons (Fsp3) is 0.375. The van der Waals surface area contributed by atoms with Gasteiger partial charge in [-0.2, -0.15) is 11.8 Å². The second-order valence-electron chi connectivity index (χ2n) is 5.65. The van der Waals surface area contributed by atoms with Gasteiger partial charge in [-0.1, -0.05) is 17.3 Å². The topological polar surface area (TPSA) is 87.4 Å². The maximum absolute atomic E-state index is 13.8. The maximum atomic E-state index is 13.8. The van der Waals surface area contributed by atoms with Gasteiger partial charge in [-0.05, 0) is 36.5 Å². The van der Waals surface area contributed by atoms with Gasteiger partial charge in [0, 0.05) is 12.6 Å². The van der Waals surface area contributed by atoms with Crippen molar-refractivity contribution in [2.75, 3.05) is 11.5 Å². The van der Waals surface area contributed by atoms with Crippen molar-refractivity contribution in [2.45, 2.75) is 24.9 Å². The van der Waals surface area contributed by atoms with Crippen molar-refractivity contribution in [1.29, 1.82) is 0 Å². The molecule has 0 radical (unpaired) electrons. The molecule has 3 rings (SSSR count). The van der Waals surface area contributed by atoms with Crippen molar-refractivity contribution in [2.24, 2.45) is 0 Å². The van der Waals surface area contributed by atoms with E-state index >= 15 is 0 Å². The molecule has 1 aliphatic rings. The summed E-state index contributed by atoms with van der Waals surface area (Å²) >= 11 is 1.77. The molecule has 8 heteroatoms. The number of rotatable bonds is 5. The molecule has 1 amide bonds. The van der Waals surface area contributed by atoms with Gasteiger partial charge in [-0.15, -0.1) is 0 Å². The minimum atomic E-state index is -0.822. The average molecular weight is 351 g/mol. The van der Waals surface area contributed by atoms with Gasteiger partial charge in [-0.3, -0.25) is 15.3 Å². The Kier molecular flexibility index (Phi) is 5.17. The van der Waals surface area contributed by atoms with Gasteiger partial charge in [0.1, 0.15) is 11.4 Å². The van der Waals surface area contributed by atoms with Crippen LogP contribution in [0.4, 0.5) is 4.39 Å². The quantitative estimate of drug-likeness (QED) is 0.566. The largest absolute Gasteiger partial charge is 0.356 e. The van der Waals surface area contributed by atoms with Crippen LogP contribution in [0.5, 0.6) is 0 Å². The fourth-order valence-electron chi connectivity index (χ4n) is 2.75. The third-order valence-corrected chi connectivity index (χ3v) is 5.17. The first-order chi connectivity index (χ1) is 11.6. The molecule has 1 aliphatic heterocycles. The molecule has 0 unspecified atom stereocenters. The third kappa shape index (κ3) is 3.45. The monoisotopic (exact) mass is 351 g/mol. The lowest BCUT2D eigenvalue weighted by Gasteiger charge is -2.35. The second kappa shape index (κ2) is 7.33. The zero-order chi connectivity index (χ0) is 17.0. The van der Waals surface area contributed by atoms with E-state index in [4.69, 9.17) is 9.73 Å². The molecule has 3 N–H and O–H groups in total. The van der Waals surface area contributed by atoms with E-state index in [1.807, 2.05) is 0 Å². The van der Waals surface area contributed by atoms with Crippen LogP contribution in [-0.2, 0) is 11.3 Å². The summed E-state index contributed by atoms with van der Waals surface area (Å²) in [5, 5.41) is 16.1. The number of hydrogen-bond acceptors (Lipinski definition) is 6. The molecule has 0 saturated carbocycles. The van der Waals surface area contributed by atoms with Crippen molar-refractivity contribution in [1.82, 2.24) is 16.0 Å². The standard InChI is InChI=1S/C16H18FN3O3S/c17-13-4-2-1-3-12(13)14-9-11(20-23-14)10-18-16(15(21)19-22)5-7-24-8-6-16/h1-4,9,18,22H,5-8,10H2,(H,19,21). The summed E-state index contributed by atoms with van der Waals surface area (Å²) in [6, 6.07) is 7.95. The zero-order valence-corrected chi connectivity index (χ0v) is 13.7. The van der Waals surface area contributed by atoms with Crippen LogP contribution in [0.2, 0.25) is 0 Å². The predicted molar refractivity (Wildman–Crippen MR) is 88.0 cm³/mol. The molecule has 0 atom stereocenters. The van der Waals surface area contributed by atoms with Crippen LogP contribution in [-0.4, -0.2) is 33.3 Å². The summed E-state index contributed by atoms with van der Waals surface area (Å²) in [5.74, 6) is 1.18. The summed E-state index contributed by atoms with van der Waals surface area (Å²) in [6.07, 6.45) is 1.23. The van der Waals surface area contributed by atoms with Gasteiger partial charge in [0.15, 0.2) is 5.76 Å². The number of hydrogen-bond donors (Lipinski definition) is 3. The smallest absolute Gasteiger partial charge is 0.263 e. The molecule has 0 aliphatic carbocycles. The molecule has 2 heterocycles. The first kappa shape index (κ1) is 16.9. The van der Waals surface area contributed by atoms with Crippen LogP contribution in [0.3, 0.4) is 0 Å². The normalized spacial score (nSPS) is 16.8. The summed E-state index contributed by atoms with van der Waals surface area (Å²) in [5.41, 5.74) is 1.83. The van der Waals surface area contributed by atoms with E-state index in [2.05, 4.69) is 10.5 Å². The van der Waals surface area contributed by atoms with Crippen molar-refractivity contribution in [3.05, 3.63) is 41.8 Å². The third-order valence-electron chi connectivity index (χ3n) is 4.19. The number of carbonyl (C=O) groups is 1. The Morgan fingerprint density at radius 1 is 1.38 bits per heavy atom. The van der Waals surface area contributed by atoms with E-state index < -0.39 is 11.4 Å². The number of nitrogens with zero attached hydrogens (tertiary/aromatic N) is 1. The van der Waals surface area contributed by atoms with Crippen LogP contribution >= 0.6 is 11.8 Å². The SMILES string of the molecule is O=C(NO)C1(NCc2cc(-c3ccccc3F)on2)CCSCC1. The summed E-state index contributed by atoms with van der Waals surface area (Å²) in [7, 11) is 0. The van der Waals surface area contributed by atoms with E-state index in [0.29, 0.717) is 29.9 Å². The first-order valence-electron chi connectivity index (χ1n) is 7.62. The Labute approximate surface area is 142 Å². The lowest BCUT2D eigenvalue weighted by molar-refractivity contribution is -0.136. The number of hydroxylamine groups is 1. The zero-order valence-electron chi connectivity index (χ0n) is 12.9. The molecule has 128 valence electrons. The predicted octanol–water partition coefficient (Wildman–Crippen LogP) is 2.34. The minimum Gasteiger partial charge on any atom is -0.356 e. The van der Waals surface area contributed by atoms with E-state index in [1.54, 1.807) is 41.5 Å². The number of benzene rings is 1. The van der Waals surface area contributed by atoms with E-state index in [-0.39, 0.29) is 12.4 Å². The van der Waals surface area contributed by atoms with Gasteiger partial charge in [0.2, 0.25) is 0 Å².